The number of carbonyl (C=O) groups is 2. The zero-order chi connectivity index (χ0) is 17.6. The minimum Gasteiger partial charge on any atom is -0.482 e. The lowest BCUT2D eigenvalue weighted by Crippen LogP contribution is -2.39. The van der Waals surface area contributed by atoms with E-state index in [1.807, 2.05) is 12.1 Å². The molecule has 0 saturated heterocycles. The molecule has 2 aliphatic rings. The Morgan fingerprint density at radius 2 is 1.84 bits per heavy atom. The molecule has 0 heterocycles. The highest BCUT2D eigenvalue weighted by Gasteiger charge is 2.20. The molecule has 0 atom stereocenters. The maximum atomic E-state index is 11.9. The molecule has 0 spiro atoms. The van der Waals surface area contributed by atoms with Crippen molar-refractivity contribution in [2.75, 3.05) is 13.2 Å². The zero-order valence-electron chi connectivity index (χ0n) is 14.9. The third-order valence-corrected chi connectivity index (χ3v) is 5.17. The first-order valence-corrected chi connectivity index (χ1v) is 9.30. The molecule has 2 aliphatic carbocycles. The van der Waals surface area contributed by atoms with Crippen LogP contribution in [0.15, 0.2) is 18.2 Å². The fourth-order valence-corrected chi connectivity index (χ4v) is 3.64. The number of fused-ring (bicyclic) bond motifs is 1. The molecule has 3 rings (SSSR count). The molecule has 1 aromatic carbocycles. The summed E-state index contributed by atoms with van der Waals surface area (Å²) in [4.78, 5) is 23.6. The van der Waals surface area contributed by atoms with E-state index in [9.17, 15) is 9.59 Å². The minimum atomic E-state index is -0.520. The monoisotopic (exact) mass is 345 g/mol. The van der Waals surface area contributed by atoms with Crippen LogP contribution < -0.4 is 10.1 Å². The van der Waals surface area contributed by atoms with Crippen LogP contribution in [0.3, 0.4) is 0 Å². The van der Waals surface area contributed by atoms with Gasteiger partial charge in [0.05, 0.1) is 0 Å². The number of aryl methyl sites for hydroxylation is 2. The smallest absolute Gasteiger partial charge is 0.344 e. The van der Waals surface area contributed by atoms with Gasteiger partial charge in [0, 0.05) is 6.04 Å². The van der Waals surface area contributed by atoms with Gasteiger partial charge in [-0.25, -0.2) is 4.79 Å². The van der Waals surface area contributed by atoms with E-state index in [0.717, 1.165) is 44.4 Å². The topological polar surface area (TPSA) is 64.6 Å². The zero-order valence-corrected chi connectivity index (χ0v) is 14.9. The molecule has 0 bridgehead atoms. The van der Waals surface area contributed by atoms with Gasteiger partial charge in [0.15, 0.2) is 13.2 Å². The second-order valence-corrected chi connectivity index (χ2v) is 7.26. The summed E-state index contributed by atoms with van der Waals surface area (Å²) in [5.74, 6) is 0.666. The van der Waals surface area contributed by atoms with Crippen molar-refractivity contribution in [2.24, 2.45) is 5.92 Å². The van der Waals surface area contributed by atoms with Gasteiger partial charge in [0.2, 0.25) is 0 Å². The van der Waals surface area contributed by atoms with Gasteiger partial charge >= 0.3 is 5.97 Å². The third-order valence-electron chi connectivity index (χ3n) is 5.17. The Kier molecular flexibility index (Phi) is 5.95. The molecule has 1 amide bonds. The quantitative estimate of drug-likeness (QED) is 0.805. The van der Waals surface area contributed by atoms with Crippen LogP contribution in [0.2, 0.25) is 0 Å². The van der Waals surface area contributed by atoms with Gasteiger partial charge in [-0.2, -0.15) is 0 Å². The Morgan fingerprint density at radius 1 is 1.08 bits per heavy atom. The van der Waals surface area contributed by atoms with Crippen LogP contribution in [0.25, 0.3) is 0 Å². The van der Waals surface area contributed by atoms with Gasteiger partial charge in [-0.3, -0.25) is 4.79 Å². The average molecular weight is 345 g/mol. The van der Waals surface area contributed by atoms with Gasteiger partial charge < -0.3 is 14.8 Å². The van der Waals surface area contributed by atoms with Crippen LogP contribution in [0.4, 0.5) is 0 Å². The van der Waals surface area contributed by atoms with E-state index >= 15 is 0 Å². The van der Waals surface area contributed by atoms with Crippen molar-refractivity contribution in [2.45, 2.75) is 57.9 Å². The molecule has 0 aromatic heterocycles. The molecular formula is C20H27NO4. The Labute approximate surface area is 149 Å². The van der Waals surface area contributed by atoms with Crippen molar-refractivity contribution in [3.8, 4) is 5.75 Å². The van der Waals surface area contributed by atoms with E-state index in [1.54, 1.807) is 0 Å². The Hall–Kier alpha value is -2.04. The number of carbonyl (C=O) groups excluding carboxylic acids is 2. The van der Waals surface area contributed by atoms with Gasteiger partial charge in [-0.05, 0) is 74.1 Å². The average Bonchev–Trinajstić information content (AvgIpc) is 3.08. The standard InChI is InChI=1S/C20H27NO4/c1-14-5-8-17(9-6-14)21-19(22)12-25-20(23)13-24-18-10-7-15-3-2-4-16(15)11-18/h7,10-11,14,17H,2-6,8-9,12-13H2,1H3,(H,21,22). The van der Waals surface area contributed by atoms with Crippen LogP contribution in [-0.2, 0) is 27.2 Å². The molecule has 1 aromatic rings. The van der Waals surface area contributed by atoms with Gasteiger partial charge in [-0.15, -0.1) is 0 Å². The van der Waals surface area contributed by atoms with Crippen molar-refractivity contribution in [3.63, 3.8) is 0 Å². The fourth-order valence-electron chi connectivity index (χ4n) is 3.64. The molecular weight excluding hydrogens is 318 g/mol. The number of esters is 1. The molecule has 1 saturated carbocycles. The van der Waals surface area contributed by atoms with Crippen LogP contribution in [0, 0.1) is 5.92 Å². The number of ether oxygens (including phenoxy) is 2. The first-order valence-electron chi connectivity index (χ1n) is 9.30. The second kappa shape index (κ2) is 8.37. The first kappa shape index (κ1) is 17.8. The summed E-state index contributed by atoms with van der Waals surface area (Å²) >= 11 is 0. The summed E-state index contributed by atoms with van der Waals surface area (Å²) in [6.07, 6.45) is 7.64. The predicted octanol–water partition coefficient (Wildman–Crippen LogP) is 2.79. The number of hydrogen-bond donors (Lipinski definition) is 1. The van der Waals surface area contributed by atoms with E-state index in [0.29, 0.717) is 5.75 Å². The Morgan fingerprint density at radius 3 is 2.64 bits per heavy atom. The Bertz CT molecular complexity index is 620. The van der Waals surface area contributed by atoms with E-state index in [4.69, 9.17) is 9.47 Å². The first-order chi connectivity index (χ1) is 12.1. The molecule has 1 N–H and O–H groups in total. The maximum absolute atomic E-state index is 11.9. The van der Waals surface area contributed by atoms with Crippen molar-refractivity contribution >= 4 is 11.9 Å². The molecule has 5 nitrogen and oxygen atoms in total. The van der Waals surface area contributed by atoms with E-state index in [2.05, 4.69) is 18.3 Å². The van der Waals surface area contributed by atoms with Crippen molar-refractivity contribution < 1.29 is 19.1 Å². The number of rotatable bonds is 6. The summed E-state index contributed by atoms with van der Waals surface area (Å²) < 4.78 is 10.5. The number of amides is 1. The summed E-state index contributed by atoms with van der Waals surface area (Å²) in [5.41, 5.74) is 2.66. The SMILES string of the molecule is CC1CCC(NC(=O)COC(=O)COc2ccc3c(c2)CCC3)CC1. The third kappa shape index (κ3) is 5.21. The highest BCUT2D eigenvalue weighted by molar-refractivity contribution is 5.81. The van der Waals surface area contributed by atoms with Crippen LogP contribution in [-0.4, -0.2) is 31.1 Å². The highest BCUT2D eigenvalue weighted by atomic mass is 16.6. The highest BCUT2D eigenvalue weighted by Crippen LogP contribution is 2.26. The molecule has 136 valence electrons. The van der Waals surface area contributed by atoms with E-state index in [1.165, 1.54) is 17.5 Å². The molecule has 1 fully saturated rings. The van der Waals surface area contributed by atoms with Gasteiger partial charge in [-0.1, -0.05) is 13.0 Å². The summed E-state index contributed by atoms with van der Waals surface area (Å²) in [5, 5.41) is 2.94. The lowest BCUT2D eigenvalue weighted by atomic mass is 9.87. The maximum Gasteiger partial charge on any atom is 0.344 e. The van der Waals surface area contributed by atoms with Gasteiger partial charge in [0.25, 0.3) is 5.91 Å². The van der Waals surface area contributed by atoms with Crippen LogP contribution >= 0.6 is 0 Å². The molecule has 25 heavy (non-hydrogen) atoms. The van der Waals surface area contributed by atoms with Crippen molar-refractivity contribution in [3.05, 3.63) is 29.3 Å². The summed E-state index contributed by atoms with van der Waals surface area (Å²) in [6, 6.07) is 6.15. The van der Waals surface area contributed by atoms with Crippen LogP contribution in [0.1, 0.15) is 50.2 Å². The second-order valence-electron chi connectivity index (χ2n) is 7.26. The molecule has 0 radical (unpaired) electrons. The lowest BCUT2D eigenvalue weighted by molar-refractivity contribution is -0.150. The van der Waals surface area contributed by atoms with Crippen molar-refractivity contribution in [1.82, 2.24) is 5.32 Å². The van der Waals surface area contributed by atoms with Gasteiger partial charge in [0.1, 0.15) is 5.75 Å². The summed E-state index contributed by atoms with van der Waals surface area (Å²) in [7, 11) is 0. The molecule has 5 heteroatoms. The number of nitrogens with one attached hydrogen (secondary N) is 1. The largest absolute Gasteiger partial charge is 0.482 e. The van der Waals surface area contributed by atoms with Crippen molar-refractivity contribution in [1.29, 1.82) is 0 Å². The van der Waals surface area contributed by atoms with E-state index in [-0.39, 0.29) is 25.2 Å². The van der Waals surface area contributed by atoms with Crippen LogP contribution in [0.5, 0.6) is 5.75 Å². The summed E-state index contributed by atoms with van der Waals surface area (Å²) in [6.45, 7) is 1.83. The normalized spacial score (nSPS) is 22.1. The number of hydrogen-bond acceptors (Lipinski definition) is 4. The van der Waals surface area contributed by atoms with E-state index < -0.39 is 5.97 Å². The number of benzene rings is 1. The fraction of sp³-hybridized carbons (Fsp3) is 0.600. The Balaban J connectivity index is 1.34. The molecule has 0 unspecified atom stereocenters. The minimum absolute atomic E-state index is 0.174. The predicted molar refractivity (Wildman–Crippen MR) is 94.5 cm³/mol. The molecule has 0 aliphatic heterocycles. The lowest BCUT2D eigenvalue weighted by Gasteiger charge is -2.26.